The molecule has 0 saturated heterocycles. The van der Waals surface area contributed by atoms with Crippen molar-refractivity contribution in [1.29, 1.82) is 5.26 Å². The van der Waals surface area contributed by atoms with Gasteiger partial charge in [-0.1, -0.05) is 6.07 Å². The Morgan fingerprint density at radius 2 is 1.94 bits per heavy atom. The Morgan fingerprint density at radius 3 is 2.47 bits per heavy atom. The molecule has 0 aliphatic rings. The van der Waals surface area contributed by atoms with Crippen molar-refractivity contribution in [3.8, 4) is 6.07 Å². The van der Waals surface area contributed by atoms with E-state index in [4.69, 9.17) is 10.4 Å². The van der Waals surface area contributed by atoms with Gasteiger partial charge >= 0.3 is 0 Å². The van der Waals surface area contributed by atoms with Crippen LogP contribution in [0.5, 0.6) is 0 Å². The molecule has 0 amide bonds. The highest BCUT2D eigenvalue weighted by Gasteiger charge is 2.08. The molecule has 0 unspecified atom stereocenters. The van der Waals surface area contributed by atoms with Crippen LogP contribution in [0.15, 0.2) is 18.2 Å². The number of aliphatic hydroxyl groups excluding tert-OH is 1. The van der Waals surface area contributed by atoms with E-state index in [1.165, 1.54) is 0 Å². The van der Waals surface area contributed by atoms with Gasteiger partial charge in [-0.25, -0.2) is 0 Å². The average Bonchev–Trinajstić information content (AvgIpc) is 2.34. The molecule has 1 aromatic carbocycles. The van der Waals surface area contributed by atoms with E-state index >= 15 is 0 Å². The summed E-state index contributed by atoms with van der Waals surface area (Å²) in [6.07, 6.45) is 0. The van der Waals surface area contributed by atoms with Gasteiger partial charge in [-0.3, -0.25) is 0 Å². The SMILES string of the molecule is CN(C)CCN(C)c1ccc(CO)cc1C#N. The van der Waals surface area contributed by atoms with Gasteiger partial charge in [0.1, 0.15) is 6.07 Å². The van der Waals surface area contributed by atoms with Gasteiger partial charge in [-0.15, -0.1) is 0 Å². The summed E-state index contributed by atoms with van der Waals surface area (Å²) in [7, 11) is 6.01. The molecule has 17 heavy (non-hydrogen) atoms. The Kier molecular flexibility index (Phi) is 4.95. The second-order valence-electron chi connectivity index (χ2n) is 4.35. The van der Waals surface area contributed by atoms with Crippen molar-refractivity contribution < 1.29 is 5.11 Å². The molecule has 0 fully saturated rings. The van der Waals surface area contributed by atoms with Crippen LogP contribution in [0, 0.1) is 11.3 Å². The number of nitrogens with zero attached hydrogens (tertiary/aromatic N) is 3. The smallest absolute Gasteiger partial charge is 0.101 e. The van der Waals surface area contributed by atoms with Gasteiger partial charge in [0.25, 0.3) is 0 Å². The molecule has 4 nitrogen and oxygen atoms in total. The fourth-order valence-electron chi connectivity index (χ4n) is 1.57. The Morgan fingerprint density at radius 1 is 1.24 bits per heavy atom. The maximum absolute atomic E-state index is 9.10. The van der Waals surface area contributed by atoms with Crippen molar-refractivity contribution in [3.63, 3.8) is 0 Å². The zero-order chi connectivity index (χ0) is 12.8. The third-order valence-corrected chi connectivity index (χ3v) is 2.66. The van der Waals surface area contributed by atoms with E-state index in [2.05, 4.69) is 15.9 Å². The summed E-state index contributed by atoms with van der Waals surface area (Å²) in [5, 5.41) is 18.1. The lowest BCUT2D eigenvalue weighted by atomic mass is 10.1. The summed E-state index contributed by atoms with van der Waals surface area (Å²) >= 11 is 0. The molecule has 0 spiro atoms. The second kappa shape index (κ2) is 6.24. The van der Waals surface area contributed by atoms with E-state index in [-0.39, 0.29) is 6.61 Å². The van der Waals surface area contributed by atoms with Crippen molar-refractivity contribution >= 4 is 5.69 Å². The van der Waals surface area contributed by atoms with Crippen LogP contribution in [0.1, 0.15) is 11.1 Å². The molecule has 1 rings (SSSR count). The molecule has 1 N–H and O–H groups in total. The molecule has 0 atom stereocenters. The van der Waals surface area contributed by atoms with Crippen LogP contribution in [0.25, 0.3) is 0 Å². The quantitative estimate of drug-likeness (QED) is 0.826. The predicted molar refractivity (Wildman–Crippen MR) is 68.9 cm³/mol. The lowest BCUT2D eigenvalue weighted by Crippen LogP contribution is -2.28. The van der Waals surface area contributed by atoms with Crippen LogP contribution in [-0.4, -0.2) is 44.2 Å². The molecule has 92 valence electrons. The Balaban J connectivity index is 2.86. The second-order valence-corrected chi connectivity index (χ2v) is 4.35. The first-order valence-electron chi connectivity index (χ1n) is 5.58. The van der Waals surface area contributed by atoms with Crippen molar-refractivity contribution in [1.82, 2.24) is 4.90 Å². The Labute approximate surface area is 103 Å². The lowest BCUT2D eigenvalue weighted by Gasteiger charge is -2.22. The van der Waals surface area contributed by atoms with Crippen molar-refractivity contribution in [2.75, 3.05) is 39.1 Å². The molecule has 0 aliphatic carbocycles. The van der Waals surface area contributed by atoms with Crippen LogP contribution >= 0.6 is 0 Å². The maximum atomic E-state index is 9.10. The summed E-state index contributed by atoms with van der Waals surface area (Å²) in [5.41, 5.74) is 2.29. The topological polar surface area (TPSA) is 50.5 Å². The average molecular weight is 233 g/mol. The number of likely N-dealkylation sites (N-methyl/N-ethyl adjacent to an activating group) is 2. The molecule has 0 aromatic heterocycles. The Bertz CT molecular complexity index is 410. The third kappa shape index (κ3) is 3.74. The molecule has 0 heterocycles. The Hall–Kier alpha value is -1.57. The third-order valence-electron chi connectivity index (χ3n) is 2.66. The molecule has 0 radical (unpaired) electrons. The molecule has 0 bridgehead atoms. The van der Waals surface area contributed by atoms with Gasteiger partial charge in [0.05, 0.1) is 17.9 Å². The summed E-state index contributed by atoms with van der Waals surface area (Å²) < 4.78 is 0. The summed E-state index contributed by atoms with van der Waals surface area (Å²) in [5.74, 6) is 0. The zero-order valence-electron chi connectivity index (χ0n) is 10.6. The lowest BCUT2D eigenvalue weighted by molar-refractivity contribution is 0.282. The van der Waals surface area contributed by atoms with Crippen LogP contribution in [0.3, 0.4) is 0 Å². The van der Waals surface area contributed by atoms with E-state index < -0.39 is 0 Å². The number of anilines is 1. The van der Waals surface area contributed by atoms with Crippen molar-refractivity contribution in [3.05, 3.63) is 29.3 Å². The minimum absolute atomic E-state index is 0.0314. The van der Waals surface area contributed by atoms with Gasteiger partial charge < -0.3 is 14.9 Å². The van der Waals surface area contributed by atoms with Gasteiger partial charge in [0.2, 0.25) is 0 Å². The van der Waals surface area contributed by atoms with Gasteiger partial charge in [0, 0.05) is 20.1 Å². The monoisotopic (exact) mass is 233 g/mol. The van der Waals surface area contributed by atoms with Gasteiger partial charge in [-0.05, 0) is 31.8 Å². The molecule has 0 saturated carbocycles. The van der Waals surface area contributed by atoms with Crippen LogP contribution < -0.4 is 4.90 Å². The molecular formula is C13H19N3O. The minimum atomic E-state index is -0.0314. The largest absolute Gasteiger partial charge is 0.392 e. The van der Waals surface area contributed by atoms with Gasteiger partial charge in [-0.2, -0.15) is 5.26 Å². The van der Waals surface area contributed by atoms with Crippen molar-refractivity contribution in [2.24, 2.45) is 0 Å². The number of benzene rings is 1. The minimum Gasteiger partial charge on any atom is -0.392 e. The normalized spacial score (nSPS) is 10.4. The number of nitriles is 1. The summed E-state index contributed by atoms with van der Waals surface area (Å²) in [6.45, 7) is 1.76. The van der Waals surface area contributed by atoms with E-state index in [0.717, 1.165) is 24.3 Å². The van der Waals surface area contributed by atoms with Crippen LogP contribution in [-0.2, 0) is 6.61 Å². The fraction of sp³-hybridized carbons (Fsp3) is 0.462. The standard InChI is InChI=1S/C13H19N3O/c1-15(2)6-7-16(3)13-5-4-11(10-17)8-12(13)9-14/h4-5,8,17H,6-7,10H2,1-3H3. The molecule has 1 aromatic rings. The highest BCUT2D eigenvalue weighted by atomic mass is 16.3. The van der Waals surface area contributed by atoms with Crippen LogP contribution in [0.2, 0.25) is 0 Å². The van der Waals surface area contributed by atoms with E-state index in [9.17, 15) is 0 Å². The van der Waals surface area contributed by atoms with E-state index in [0.29, 0.717) is 5.56 Å². The number of aliphatic hydroxyl groups is 1. The van der Waals surface area contributed by atoms with Gasteiger partial charge in [0.15, 0.2) is 0 Å². The first-order chi connectivity index (χ1) is 8.08. The number of hydrogen-bond acceptors (Lipinski definition) is 4. The maximum Gasteiger partial charge on any atom is 0.101 e. The highest BCUT2D eigenvalue weighted by Crippen LogP contribution is 2.20. The van der Waals surface area contributed by atoms with Crippen molar-refractivity contribution in [2.45, 2.75) is 6.61 Å². The fourth-order valence-corrected chi connectivity index (χ4v) is 1.57. The highest BCUT2D eigenvalue weighted by molar-refractivity contribution is 5.60. The number of hydrogen-bond donors (Lipinski definition) is 1. The molecule has 0 aliphatic heterocycles. The first kappa shape index (κ1) is 13.5. The predicted octanol–water partition coefficient (Wildman–Crippen LogP) is 1.05. The van der Waals surface area contributed by atoms with E-state index in [1.807, 2.05) is 33.3 Å². The zero-order valence-corrected chi connectivity index (χ0v) is 10.6. The van der Waals surface area contributed by atoms with Crippen LogP contribution in [0.4, 0.5) is 5.69 Å². The number of rotatable bonds is 5. The summed E-state index contributed by atoms with van der Waals surface area (Å²) in [6, 6.07) is 7.65. The molecule has 4 heteroatoms. The first-order valence-corrected chi connectivity index (χ1v) is 5.58. The molecular weight excluding hydrogens is 214 g/mol. The summed E-state index contributed by atoms with van der Waals surface area (Å²) in [4.78, 5) is 4.16. The van der Waals surface area contributed by atoms with E-state index in [1.54, 1.807) is 6.07 Å².